The molecular formula is C10H22N4. The van der Waals surface area contributed by atoms with Gasteiger partial charge in [0.2, 0.25) is 0 Å². The topological polar surface area (TPSA) is 67.3 Å². The molecule has 0 saturated carbocycles. The molecule has 0 radical (unpaired) electrons. The standard InChI is InChI=1S/C10H22N4/c1-2-13-4-3-5-14-7-9(11)6-10(12)8-14/h2,9-10,13H,1,3-8,11-12H2. The van der Waals surface area contributed by atoms with Gasteiger partial charge in [-0.15, -0.1) is 0 Å². The fourth-order valence-corrected chi connectivity index (χ4v) is 1.97. The summed E-state index contributed by atoms with van der Waals surface area (Å²) >= 11 is 0. The number of likely N-dealkylation sites (tertiary alicyclic amines) is 1. The van der Waals surface area contributed by atoms with E-state index in [9.17, 15) is 0 Å². The summed E-state index contributed by atoms with van der Waals surface area (Å²) in [6.07, 6.45) is 3.81. The van der Waals surface area contributed by atoms with Crippen molar-refractivity contribution in [3.05, 3.63) is 12.8 Å². The van der Waals surface area contributed by atoms with Crippen LogP contribution in [0.4, 0.5) is 0 Å². The highest BCUT2D eigenvalue weighted by atomic mass is 15.2. The van der Waals surface area contributed by atoms with Gasteiger partial charge in [0, 0.05) is 31.7 Å². The Bertz CT molecular complexity index is 162. The minimum atomic E-state index is 0.256. The molecule has 5 N–H and O–H groups in total. The van der Waals surface area contributed by atoms with Crippen molar-refractivity contribution in [1.29, 1.82) is 0 Å². The van der Waals surface area contributed by atoms with Gasteiger partial charge in [-0.3, -0.25) is 0 Å². The first kappa shape index (κ1) is 11.5. The van der Waals surface area contributed by atoms with Crippen molar-refractivity contribution in [2.75, 3.05) is 26.2 Å². The molecule has 1 heterocycles. The Hall–Kier alpha value is -0.580. The van der Waals surface area contributed by atoms with Gasteiger partial charge in [-0.25, -0.2) is 0 Å². The van der Waals surface area contributed by atoms with E-state index in [-0.39, 0.29) is 12.1 Å². The Labute approximate surface area is 86.3 Å². The highest BCUT2D eigenvalue weighted by Crippen LogP contribution is 2.07. The van der Waals surface area contributed by atoms with Crippen LogP contribution in [0.1, 0.15) is 12.8 Å². The number of hydrogen-bond donors (Lipinski definition) is 3. The minimum Gasteiger partial charge on any atom is -0.391 e. The van der Waals surface area contributed by atoms with E-state index in [4.69, 9.17) is 11.5 Å². The zero-order valence-corrected chi connectivity index (χ0v) is 8.78. The third kappa shape index (κ3) is 4.09. The largest absolute Gasteiger partial charge is 0.391 e. The smallest absolute Gasteiger partial charge is 0.0183 e. The lowest BCUT2D eigenvalue weighted by molar-refractivity contribution is 0.188. The number of hydrogen-bond acceptors (Lipinski definition) is 4. The number of piperidine rings is 1. The van der Waals surface area contributed by atoms with Crippen LogP contribution in [0.25, 0.3) is 0 Å². The zero-order chi connectivity index (χ0) is 10.4. The van der Waals surface area contributed by atoms with Crippen LogP contribution in [0.3, 0.4) is 0 Å². The van der Waals surface area contributed by atoms with Crippen molar-refractivity contribution in [3.8, 4) is 0 Å². The van der Waals surface area contributed by atoms with Crippen LogP contribution in [-0.4, -0.2) is 43.2 Å². The maximum Gasteiger partial charge on any atom is 0.0183 e. The lowest BCUT2D eigenvalue weighted by Gasteiger charge is -2.34. The van der Waals surface area contributed by atoms with Crippen LogP contribution in [0.2, 0.25) is 0 Å². The van der Waals surface area contributed by atoms with Gasteiger partial charge in [-0.05, 0) is 25.6 Å². The lowest BCUT2D eigenvalue weighted by Crippen LogP contribution is -2.52. The molecule has 14 heavy (non-hydrogen) atoms. The predicted molar refractivity (Wildman–Crippen MR) is 59.8 cm³/mol. The summed E-state index contributed by atoms with van der Waals surface area (Å²) in [5, 5.41) is 3.08. The second kappa shape index (κ2) is 6.01. The Morgan fingerprint density at radius 1 is 1.36 bits per heavy atom. The van der Waals surface area contributed by atoms with E-state index in [1.54, 1.807) is 6.20 Å². The lowest BCUT2D eigenvalue weighted by atomic mass is 10.0. The summed E-state index contributed by atoms with van der Waals surface area (Å²) in [6, 6.07) is 0.511. The van der Waals surface area contributed by atoms with Crippen molar-refractivity contribution >= 4 is 0 Å². The number of nitrogens with one attached hydrogen (secondary N) is 1. The second-order valence-corrected chi connectivity index (χ2v) is 4.03. The van der Waals surface area contributed by atoms with Gasteiger partial charge in [-0.2, -0.15) is 0 Å². The zero-order valence-electron chi connectivity index (χ0n) is 8.78. The number of rotatable bonds is 5. The monoisotopic (exact) mass is 198 g/mol. The van der Waals surface area contributed by atoms with Crippen LogP contribution in [-0.2, 0) is 0 Å². The number of nitrogens with zero attached hydrogens (tertiary/aromatic N) is 1. The van der Waals surface area contributed by atoms with Gasteiger partial charge in [-0.1, -0.05) is 6.58 Å². The fraction of sp³-hybridized carbons (Fsp3) is 0.800. The minimum absolute atomic E-state index is 0.256. The molecular weight excluding hydrogens is 176 g/mol. The SMILES string of the molecule is C=CNCCCN1CC(N)CC(N)C1. The molecule has 82 valence electrons. The van der Waals surface area contributed by atoms with Crippen LogP contribution >= 0.6 is 0 Å². The molecule has 0 bridgehead atoms. The summed E-state index contributed by atoms with van der Waals surface area (Å²) < 4.78 is 0. The number of nitrogens with two attached hydrogens (primary N) is 2. The maximum atomic E-state index is 5.89. The molecule has 1 aliphatic heterocycles. The maximum absolute atomic E-state index is 5.89. The third-order valence-electron chi connectivity index (χ3n) is 2.53. The van der Waals surface area contributed by atoms with Crippen molar-refractivity contribution in [1.82, 2.24) is 10.2 Å². The predicted octanol–water partition coefficient (Wildman–Crippen LogP) is -0.530. The van der Waals surface area contributed by atoms with E-state index in [0.717, 1.165) is 39.0 Å². The van der Waals surface area contributed by atoms with E-state index in [0.29, 0.717) is 0 Å². The van der Waals surface area contributed by atoms with Crippen LogP contribution < -0.4 is 16.8 Å². The van der Waals surface area contributed by atoms with Crippen molar-refractivity contribution < 1.29 is 0 Å². The summed E-state index contributed by atoms with van der Waals surface area (Å²) in [7, 11) is 0. The van der Waals surface area contributed by atoms with Crippen molar-refractivity contribution in [3.63, 3.8) is 0 Å². The Morgan fingerprint density at radius 2 is 2.00 bits per heavy atom. The van der Waals surface area contributed by atoms with Crippen LogP contribution in [0, 0.1) is 0 Å². The molecule has 4 nitrogen and oxygen atoms in total. The first-order valence-corrected chi connectivity index (χ1v) is 5.30. The third-order valence-corrected chi connectivity index (χ3v) is 2.53. The molecule has 2 atom stereocenters. The van der Waals surface area contributed by atoms with Crippen molar-refractivity contribution in [2.45, 2.75) is 24.9 Å². The molecule has 0 amide bonds. The van der Waals surface area contributed by atoms with Gasteiger partial charge >= 0.3 is 0 Å². The van der Waals surface area contributed by atoms with Gasteiger partial charge in [0.1, 0.15) is 0 Å². The van der Waals surface area contributed by atoms with Crippen molar-refractivity contribution in [2.24, 2.45) is 11.5 Å². The molecule has 1 aliphatic rings. The molecule has 0 aromatic heterocycles. The summed E-state index contributed by atoms with van der Waals surface area (Å²) in [6.45, 7) is 7.63. The van der Waals surface area contributed by atoms with Gasteiger partial charge in [0.25, 0.3) is 0 Å². The average Bonchev–Trinajstić information content (AvgIpc) is 2.11. The van der Waals surface area contributed by atoms with Crippen LogP contribution in [0.15, 0.2) is 12.8 Å². The molecule has 1 saturated heterocycles. The normalized spacial score (nSPS) is 28.7. The fourth-order valence-electron chi connectivity index (χ4n) is 1.97. The molecule has 0 aromatic rings. The van der Waals surface area contributed by atoms with Crippen LogP contribution in [0.5, 0.6) is 0 Å². The molecule has 4 heteroatoms. The summed E-state index contributed by atoms with van der Waals surface area (Å²) in [5.41, 5.74) is 11.8. The molecule has 0 spiro atoms. The van der Waals surface area contributed by atoms with E-state index in [2.05, 4.69) is 16.8 Å². The van der Waals surface area contributed by atoms with E-state index < -0.39 is 0 Å². The molecule has 1 fully saturated rings. The summed E-state index contributed by atoms with van der Waals surface area (Å²) in [4.78, 5) is 2.35. The highest BCUT2D eigenvalue weighted by Gasteiger charge is 2.21. The molecule has 1 rings (SSSR count). The summed E-state index contributed by atoms with van der Waals surface area (Å²) in [5.74, 6) is 0. The Kier molecular flexibility index (Phi) is 4.93. The second-order valence-electron chi connectivity index (χ2n) is 4.03. The van der Waals surface area contributed by atoms with E-state index in [1.807, 2.05) is 0 Å². The molecule has 2 unspecified atom stereocenters. The Balaban J connectivity index is 2.13. The molecule has 0 aromatic carbocycles. The van der Waals surface area contributed by atoms with E-state index in [1.165, 1.54) is 0 Å². The highest BCUT2D eigenvalue weighted by molar-refractivity contribution is 4.83. The van der Waals surface area contributed by atoms with E-state index >= 15 is 0 Å². The average molecular weight is 198 g/mol. The van der Waals surface area contributed by atoms with Gasteiger partial charge in [0.15, 0.2) is 0 Å². The first-order valence-electron chi connectivity index (χ1n) is 5.30. The Morgan fingerprint density at radius 3 is 2.57 bits per heavy atom. The first-order chi connectivity index (χ1) is 6.72. The molecule has 0 aliphatic carbocycles. The van der Waals surface area contributed by atoms with Gasteiger partial charge in [0.05, 0.1) is 0 Å². The quantitative estimate of drug-likeness (QED) is 0.520. The van der Waals surface area contributed by atoms with Gasteiger partial charge < -0.3 is 21.7 Å².